The van der Waals surface area contributed by atoms with Crippen LogP contribution >= 0.6 is 0 Å². The minimum absolute atomic E-state index is 0.00148. The standard InChI is InChI=1S/C20H30O14/c21-7-29-11-33-13-31-9-27-5-3-15-1-2-17(19(23)24)16(18(15)20(25)26)4-6-28-10-32-14-34-12-30-8-22/h1-2,21-22H,3-14H2,(H,23,24)(H,25,26). The predicted molar refractivity (Wildman–Crippen MR) is 110 cm³/mol. The molecule has 4 N–H and O–H groups in total. The number of carbonyl (C=O) groups is 2. The first-order chi connectivity index (χ1) is 16.5. The van der Waals surface area contributed by atoms with Crippen molar-refractivity contribution in [3.05, 3.63) is 34.4 Å². The smallest absolute Gasteiger partial charge is 0.336 e. The molecule has 0 unspecified atom stereocenters. The summed E-state index contributed by atoms with van der Waals surface area (Å²) >= 11 is 0. The number of hydrogen-bond acceptors (Lipinski definition) is 12. The van der Waals surface area contributed by atoms with Crippen LogP contribution in [0.2, 0.25) is 0 Å². The zero-order valence-corrected chi connectivity index (χ0v) is 18.5. The van der Waals surface area contributed by atoms with E-state index in [4.69, 9.17) is 38.6 Å². The lowest BCUT2D eigenvalue weighted by molar-refractivity contribution is -0.184. The quantitative estimate of drug-likeness (QED) is 0.124. The fraction of sp³-hybridized carbons (Fsp3) is 0.600. The SMILES string of the molecule is O=C(O)c1ccc(CCOCOCOCOCO)c(C(=O)O)c1CCOCOCOCOCO. The molecule has 0 amide bonds. The van der Waals surface area contributed by atoms with Crippen molar-refractivity contribution >= 4 is 11.9 Å². The van der Waals surface area contributed by atoms with Gasteiger partial charge in [0.2, 0.25) is 0 Å². The van der Waals surface area contributed by atoms with Gasteiger partial charge in [-0.25, -0.2) is 9.59 Å². The van der Waals surface area contributed by atoms with Gasteiger partial charge in [-0.15, -0.1) is 0 Å². The Bertz CT molecular complexity index is 711. The van der Waals surface area contributed by atoms with Gasteiger partial charge in [0.1, 0.15) is 27.2 Å². The first kappa shape index (κ1) is 29.8. The molecule has 0 aliphatic carbocycles. The lowest BCUT2D eigenvalue weighted by Crippen LogP contribution is -2.17. The predicted octanol–water partition coefficient (Wildman–Crippen LogP) is -0.0546. The van der Waals surface area contributed by atoms with Gasteiger partial charge in [0.25, 0.3) is 0 Å². The molecule has 14 heteroatoms. The molecule has 0 aliphatic heterocycles. The molecule has 0 bridgehead atoms. The van der Waals surface area contributed by atoms with Crippen molar-refractivity contribution in [3.63, 3.8) is 0 Å². The highest BCUT2D eigenvalue weighted by Gasteiger charge is 2.22. The van der Waals surface area contributed by atoms with Crippen LogP contribution in [-0.2, 0) is 50.7 Å². The molecule has 0 atom stereocenters. The Morgan fingerprint density at radius 2 is 1.09 bits per heavy atom. The summed E-state index contributed by atoms with van der Waals surface area (Å²) in [5.41, 5.74) is 0.261. The number of aromatic carboxylic acids is 2. The molecule has 194 valence electrons. The maximum absolute atomic E-state index is 11.9. The summed E-state index contributed by atoms with van der Waals surface area (Å²) in [6.45, 7) is -1.70. The van der Waals surface area contributed by atoms with Gasteiger partial charge in [0, 0.05) is 0 Å². The first-order valence-electron chi connectivity index (χ1n) is 9.97. The number of ether oxygens (including phenoxy) is 8. The van der Waals surface area contributed by atoms with Crippen LogP contribution in [0.5, 0.6) is 0 Å². The van der Waals surface area contributed by atoms with Crippen LogP contribution in [0.25, 0.3) is 0 Å². The molecule has 1 rings (SSSR count). The van der Waals surface area contributed by atoms with Gasteiger partial charge >= 0.3 is 11.9 Å². The van der Waals surface area contributed by atoms with Gasteiger partial charge in [0.15, 0.2) is 27.2 Å². The molecule has 0 saturated heterocycles. The fourth-order valence-corrected chi connectivity index (χ4v) is 2.67. The highest BCUT2D eigenvalue weighted by Crippen LogP contribution is 2.22. The number of benzene rings is 1. The third-order valence-corrected chi connectivity index (χ3v) is 4.04. The molecular weight excluding hydrogens is 464 g/mol. The summed E-state index contributed by atoms with van der Waals surface area (Å²) < 4.78 is 39.4. The van der Waals surface area contributed by atoms with Crippen LogP contribution in [0.15, 0.2) is 12.1 Å². The summed E-state index contributed by atoms with van der Waals surface area (Å²) in [4.78, 5) is 23.5. The van der Waals surface area contributed by atoms with E-state index in [9.17, 15) is 19.8 Å². The van der Waals surface area contributed by atoms with Crippen molar-refractivity contribution in [2.45, 2.75) is 12.8 Å². The van der Waals surface area contributed by atoms with E-state index in [0.717, 1.165) is 0 Å². The number of aliphatic hydroxyl groups excluding tert-OH is 2. The number of carboxylic acid groups (broad SMARTS) is 2. The van der Waals surface area contributed by atoms with E-state index in [-0.39, 0.29) is 83.5 Å². The van der Waals surface area contributed by atoms with E-state index >= 15 is 0 Å². The second-order valence-corrected chi connectivity index (χ2v) is 6.24. The zero-order valence-electron chi connectivity index (χ0n) is 18.5. The van der Waals surface area contributed by atoms with Crippen LogP contribution in [0.1, 0.15) is 31.8 Å². The van der Waals surface area contributed by atoms with E-state index < -0.39 is 25.5 Å². The largest absolute Gasteiger partial charge is 0.478 e. The Labute approximate surface area is 195 Å². The first-order valence-corrected chi connectivity index (χ1v) is 9.97. The van der Waals surface area contributed by atoms with Gasteiger partial charge < -0.3 is 58.3 Å². The Morgan fingerprint density at radius 1 is 0.618 bits per heavy atom. The monoisotopic (exact) mass is 494 g/mol. The normalized spacial score (nSPS) is 11.1. The van der Waals surface area contributed by atoms with Crippen molar-refractivity contribution < 1.29 is 67.9 Å². The molecule has 0 aliphatic rings. The van der Waals surface area contributed by atoms with Crippen molar-refractivity contribution in [1.82, 2.24) is 0 Å². The van der Waals surface area contributed by atoms with Gasteiger partial charge in [0.05, 0.1) is 24.3 Å². The molecule has 0 saturated carbocycles. The van der Waals surface area contributed by atoms with Gasteiger partial charge in [-0.3, -0.25) is 0 Å². The summed E-state index contributed by atoms with van der Waals surface area (Å²) in [5, 5.41) is 36.0. The van der Waals surface area contributed by atoms with E-state index in [1.807, 2.05) is 0 Å². The van der Waals surface area contributed by atoms with Crippen LogP contribution < -0.4 is 0 Å². The van der Waals surface area contributed by atoms with E-state index in [0.29, 0.717) is 5.56 Å². The van der Waals surface area contributed by atoms with Crippen molar-refractivity contribution in [3.8, 4) is 0 Å². The maximum Gasteiger partial charge on any atom is 0.336 e. The maximum atomic E-state index is 11.9. The van der Waals surface area contributed by atoms with E-state index in [1.54, 1.807) is 0 Å². The average Bonchev–Trinajstić information content (AvgIpc) is 2.81. The third-order valence-electron chi connectivity index (χ3n) is 4.04. The Morgan fingerprint density at radius 3 is 1.56 bits per heavy atom. The fourth-order valence-electron chi connectivity index (χ4n) is 2.67. The molecule has 0 fully saturated rings. The average molecular weight is 494 g/mol. The minimum Gasteiger partial charge on any atom is -0.478 e. The van der Waals surface area contributed by atoms with Crippen molar-refractivity contribution in [2.75, 3.05) is 67.6 Å². The zero-order chi connectivity index (χ0) is 25.0. The van der Waals surface area contributed by atoms with E-state index in [2.05, 4.69) is 9.47 Å². The summed E-state index contributed by atoms with van der Waals surface area (Å²) in [6.07, 6.45) is 0.218. The Hall–Kier alpha value is -2.24. The topological polar surface area (TPSA) is 189 Å². The summed E-state index contributed by atoms with van der Waals surface area (Å²) in [6, 6.07) is 2.78. The van der Waals surface area contributed by atoms with Gasteiger partial charge in [-0.1, -0.05) is 6.07 Å². The van der Waals surface area contributed by atoms with E-state index in [1.165, 1.54) is 12.1 Å². The highest BCUT2D eigenvalue weighted by molar-refractivity contribution is 5.97. The van der Waals surface area contributed by atoms with Crippen LogP contribution in [-0.4, -0.2) is 99.9 Å². The van der Waals surface area contributed by atoms with Crippen LogP contribution in [0.4, 0.5) is 0 Å². The Kier molecular flexibility index (Phi) is 16.7. The number of hydrogen-bond donors (Lipinski definition) is 4. The molecular formula is C20H30O14. The minimum atomic E-state index is -1.27. The molecule has 0 radical (unpaired) electrons. The summed E-state index contributed by atoms with van der Waals surface area (Å²) in [7, 11) is 0. The van der Waals surface area contributed by atoms with Crippen molar-refractivity contribution in [2.24, 2.45) is 0 Å². The molecule has 1 aromatic rings. The second-order valence-electron chi connectivity index (χ2n) is 6.24. The van der Waals surface area contributed by atoms with Crippen LogP contribution in [0.3, 0.4) is 0 Å². The lowest BCUT2D eigenvalue weighted by atomic mass is 9.92. The van der Waals surface area contributed by atoms with Crippen molar-refractivity contribution in [1.29, 1.82) is 0 Å². The number of carboxylic acids is 2. The second kappa shape index (κ2) is 19.1. The molecule has 0 spiro atoms. The van der Waals surface area contributed by atoms with Gasteiger partial charge in [-0.05, 0) is 30.0 Å². The molecule has 1 aromatic carbocycles. The number of aliphatic hydroxyl groups is 2. The molecule has 0 heterocycles. The summed E-state index contributed by atoms with van der Waals surface area (Å²) in [5.74, 6) is -2.53. The van der Waals surface area contributed by atoms with Crippen LogP contribution in [0, 0.1) is 0 Å². The third kappa shape index (κ3) is 12.3. The molecule has 34 heavy (non-hydrogen) atoms. The number of rotatable bonds is 22. The highest BCUT2D eigenvalue weighted by atomic mass is 16.8. The Balaban J connectivity index is 2.58. The molecule has 0 aromatic heterocycles. The lowest BCUT2D eigenvalue weighted by Gasteiger charge is -2.15. The van der Waals surface area contributed by atoms with Gasteiger partial charge in [-0.2, -0.15) is 0 Å². The molecule has 14 nitrogen and oxygen atoms in total.